The number of amides is 4. The summed E-state index contributed by atoms with van der Waals surface area (Å²) in [5, 5.41) is 9.11. The Hall–Kier alpha value is -3.56. The van der Waals surface area contributed by atoms with Crippen molar-refractivity contribution >= 4 is 34.7 Å². The van der Waals surface area contributed by atoms with Gasteiger partial charge < -0.3 is 31.4 Å². The normalized spacial score (nSPS) is 14.8. The number of carbonyl (C=O) groups is 4. The molecule has 1 aromatic carbocycles. The van der Waals surface area contributed by atoms with Gasteiger partial charge in [0, 0.05) is 23.5 Å². The Balaban J connectivity index is 2.31. The van der Waals surface area contributed by atoms with Crippen molar-refractivity contribution in [3.05, 3.63) is 36.0 Å². The van der Waals surface area contributed by atoms with Gasteiger partial charge >= 0.3 is 6.09 Å². The van der Waals surface area contributed by atoms with Gasteiger partial charge in [0.1, 0.15) is 23.7 Å². The quantitative estimate of drug-likeness (QED) is 0.286. The number of carbonyl (C=O) groups excluding carboxylic acids is 4. The van der Waals surface area contributed by atoms with Crippen LogP contribution in [0.25, 0.3) is 10.9 Å². The minimum Gasteiger partial charge on any atom is -0.444 e. The Labute approximate surface area is 224 Å². The molecule has 10 nitrogen and oxygen atoms in total. The van der Waals surface area contributed by atoms with Crippen LogP contribution in [-0.2, 0) is 25.5 Å². The predicted octanol–water partition coefficient (Wildman–Crippen LogP) is 3.15. The van der Waals surface area contributed by atoms with Crippen molar-refractivity contribution in [2.24, 2.45) is 17.6 Å². The number of alkyl carbamates (subject to hydrolysis) is 1. The summed E-state index contributed by atoms with van der Waals surface area (Å²) in [4.78, 5) is 54.6. The van der Waals surface area contributed by atoms with Crippen molar-refractivity contribution in [3.8, 4) is 0 Å². The van der Waals surface area contributed by atoms with Crippen LogP contribution in [0.3, 0.4) is 0 Å². The molecule has 38 heavy (non-hydrogen) atoms. The maximum absolute atomic E-state index is 13.6. The molecule has 1 heterocycles. The molecule has 0 unspecified atom stereocenters. The lowest BCUT2D eigenvalue weighted by atomic mass is 9.96. The molecular weight excluding hydrogens is 486 g/mol. The monoisotopic (exact) mass is 529 g/mol. The first kappa shape index (κ1) is 30.7. The van der Waals surface area contributed by atoms with E-state index < -0.39 is 47.5 Å². The van der Waals surface area contributed by atoms with Gasteiger partial charge in [0.05, 0.1) is 0 Å². The standard InChI is InChI=1S/C28H43N5O5/c1-8-17(4)23(26(36)31-21(24(29)34)13-16(2)3)33-25(35)22(32-27(37)38-28(5,6)7)14-18-15-30-20-12-10-9-11-19(18)20/h9-12,15-17,21-23,30H,8,13-14H2,1-7H3,(H2,29,34)(H,31,36)(H,32,37)(H,33,35)/t17-,21-,22-,23-/m0/s1. The zero-order chi connectivity index (χ0) is 28.6. The molecule has 1 aromatic heterocycles. The molecule has 0 aliphatic heterocycles. The molecule has 0 saturated heterocycles. The summed E-state index contributed by atoms with van der Waals surface area (Å²) in [6.07, 6.45) is 2.19. The number of H-pyrrole nitrogens is 1. The molecule has 6 N–H and O–H groups in total. The fraction of sp³-hybridized carbons (Fsp3) is 0.571. The van der Waals surface area contributed by atoms with Crippen LogP contribution in [0.2, 0.25) is 0 Å². The highest BCUT2D eigenvalue weighted by Gasteiger charge is 2.33. The molecule has 0 aliphatic rings. The maximum atomic E-state index is 13.6. The molecule has 10 heteroatoms. The minimum absolute atomic E-state index is 0.128. The van der Waals surface area contributed by atoms with E-state index in [0.717, 1.165) is 16.5 Å². The van der Waals surface area contributed by atoms with Gasteiger partial charge in [-0.2, -0.15) is 0 Å². The van der Waals surface area contributed by atoms with Crippen LogP contribution in [0.15, 0.2) is 30.5 Å². The lowest BCUT2D eigenvalue weighted by molar-refractivity contribution is -0.133. The highest BCUT2D eigenvalue weighted by molar-refractivity contribution is 5.94. The van der Waals surface area contributed by atoms with E-state index in [2.05, 4.69) is 20.9 Å². The van der Waals surface area contributed by atoms with E-state index in [1.165, 1.54) is 0 Å². The van der Waals surface area contributed by atoms with E-state index >= 15 is 0 Å². The fourth-order valence-electron chi connectivity index (χ4n) is 4.11. The van der Waals surface area contributed by atoms with E-state index in [4.69, 9.17) is 10.5 Å². The number of fused-ring (bicyclic) bond motifs is 1. The smallest absolute Gasteiger partial charge is 0.408 e. The Morgan fingerprint density at radius 1 is 0.974 bits per heavy atom. The van der Waals surface area contributed by atoms with Crippen molar-refractivity contribution in [1.82, 2.24) is 20.9 Å². The highest BCUT2D eigenvalue weighted by atomic mass is 16.6. The van der Waals surface area contributed by atoms with Crippen LogP contribution in [-0.4, -0.2) is 52.5 Å². The molecular formula is C28H43N5O5. The predicted molar refractivity (Wildman–Crippen MR) is 147 cm³/mol. The number of hydrogen-bond donors (Lipinski definition) is 5. The first-order valence-corrected chi connectivity index (χ1v) is 13.2. The average molecular weight is 530 g/mol. The molecule has 0 radical (unpaired) electrons. The van der Waals surface area contributed by atoms with Crippen LogP contribution < -0.4 is 21.7 Å². The van der Waals surface area contributed by atoms with Gasteiger partial charge in [-0.05, 0) is 50.7 Å². The molecule has 4 amide bonds. The molecule has 2 rings (SSSR count). The summed E-state index contributed by atoms with van der Waals surface area (Å²) in [7, 11) is 0. The van der Waals surface area contributed by atoms with Crippen molar-refractivity contribution in [1.29, 1.82) is 0 Å². The highest BCUT2D eigenvalue weighted by Crippen LogP contribution is 2.20. The van der Waals surface area contributed by atoms with Gasteiger partial charge in [-0.3, -0.25) is 14.4 Å². The first-order valence-electron chi connectivity index (χ1n) is 13.2. The van der Waals surface area contributed by atoms with Crippen LogP contribution in [0.4, 0.5) is 4.79 Å². The summed E-state index contributed by atoms with van der Waals surface area (Å²) in [6, 6.07) is 4.83. The first-order chi connectivity index (χ1) is 17.7. The van der Waals surface area contributed by atoms with Gasteiger partial charge in [0.25, 0.3) is 0 Å². The SMILES string of the molecule is CC[C@H](C)[C@H](NC(=O)[C@H](Cc1c[nH]c2ccccc12)NC(=O)OC(C)(C)C)C(=O)N[C@@H](CC(C)C)C(N)=O. The lowest BCUT2D eigenvalue weighted by Gasteiger charge is -2.28. The topological polar surface area (TPSA) is 155 Å². The summed E-state index contributed by atoms with van der Waals surface area (Å²) >= 11 is 0. The number of para-hydroxylation sites is 1. The molecule has 2 aromatic rings. The van der Waals surface area contributed by atoms with Crippen molar-refractivity contribution in [2.45, 2.75) is 91.5 Å². The third kappa shape index (κ3) is 9.08. The molecule has 0 bridgehead atoms. The number of benzene rings is 1. The Morgan fingerprint density at radius 2 is 1.63 bits per heavy atom. The van der Waals surface area contributed by atoms with Gasteiger partial charge in [0.15, 0.2) is 0 Å². The minimum atomic E-state index is -1.02. The van der Waals surface area contributed by atoms with Gasteiger partial charge in [0.2, 0.25) is 17.7 Å². The summed E-state index contributed by atoms with van der Waals surface area (Å²) in [6.45, 7) is 12.8. The number of ether oxygens (including phenoxy) is 1. The number of nitrogens with two attached hydrogens (primary N) is 1. The number of aromatic nitrogens is 1. The maximum Gasteiger partial charge on any atom is 0.408 e. The fourth-order valence-corrected chi connectivity index (χ4v) is 4.11. The largest absolute Gasteiger partial charge is 0.444 e. The summed E-state index contributed by atoms with van der Waals surface area (Å²) < 4.78 is 5.39. The van der Waals surface area contributed by atoms with E-state index in [-0.39, 0.29) is 18.3 Å². The second kappa shape index (κ2) is 13.3. The van der Waals surface area contributed by atoms with Crippen LogP contribution in [0.5, 0.6) is 0 Å². The average Bonchev–Trinajstić information content (AvgIpc) is 3.22. The third-order valence-corrected chi connectivity index (χ3v) is 6.27. The third-order valence-electron chi connectivity index (χ3n) is 6.27. The van der Waals surface area contributed by atoms with Crippen molar-refractivity contribution in [3.63, 3.8) is 0 Å². The Morgan fingerprint density at radius 3 is 2.21 bits per heavy atom. The van der Waals surface area contributed by atoms with Crippen molar-refractivity contribution < 1.29 is 23.9 Å². The zero-order valence-corrected chi connectivity index (χ0v) is 23.5. The second-order valence-electron chi connectivity index (χ2n) is 11.2. The summed E-state index contributed by atoms with van der Waals surface area (Å²) in [5.41, 5.74) is 6.48. The molecule has 210 valence electrons. The van der Waals surface area contributed by atoms with E-state index in [9.17, 15) is 19.2 Å². The molecule has 0 spiro atoms. The molecule has 4 atom stereocenters. The Kier molecular flexibility index (Phi) is 10.7. The van der Waals surface area contributed by atoms with Gasteiger partial charge in [-0.25, -0.2) is 4.79 Å². The van der Waals surface area contributed by atoms with E-state index in [0.29, 0.717) is 12.8 Å². The van der Waals surface area contributed by atoms with Crippen LogP contribution in [0.1, 0.15) is 66.9 Å². The zero-order valence-electron chi connectivity index (χ0n) is 23.5. The number of primary amides is 1. The van der Waals surface area contributed by atoms with Crippen LogP contribution >= 0.6 is 0 Å². The molecule has 0 saturated carbocycles. The molecule has 0 fully saturated rings. The van der Waals surface area contributed by atoms with E-state index in [1.54, 1.807) is 27.0 Å². The van der Waals surface area contributed by atoms with Gasteiger partial charge in [-0.1, -0.05) is 52.3 Å². The molecule has 0 aliphatic carbocycles. The lowest BCUT2D eigenvalue weighted by Crippen LogP contribution is -2.58. The second-order valence-corrected chi connectivity index (χ2v) is 11.2. The number of aromatic amines is 1. The number of nitrogens with one attached hydrogen (secondary N) is 4. The number of hydrogen-bond acceptors (Lipinski definition) is 5. The van der Waals surface area contributed by atoms with Crippen molar-refractivity contribution in [2.75, 3.05) is 0 Å². The Bertz CT molecular complexity index is 1120. The van der Waals surface area contributed by atoms with Crippen LogP contribution in [0, 0.1) is 11.8 Å². The van der Waals surface area contributed by atoms with Gasteiger partial charge in [-0.15, -0.1) is 0 Å². The number of rotatable bonds is 12. The summed E-state index contributed by atoms with van der Waals surface area (Å²) in [5.74, 6) is -1.80. The van der Waals surface area contributed by atoms with E-state index in [1.807, 2.05) is 52.0 Å².